The average Bonchev–Trinajstić information content (AvgIpc) is 2.91. The third kappa shape index (κ3) is 4.61. The first-order valence-corrected chi connectivity index (χ1v) is 11.1. The summed E-state index contributed by atoms with van der Waals surface area (Å²) in [5.41, 5.74) is 2.00. The molecule has 2 aromatic rings. The Hall–Kier alpha value is -2.20. The Labute approximate surface area is 166 Å². The van der Waals surface area contributed by atoms with Crippen LogP contribution in [-0.2, 0) is 17.1 Å². The molecule has 1 aliphatic heterocycles. The van der Waals surface area contributed by atoms with Gasteiger partial charge in [0.2, 0.25) is 16.0 Å². The summed E-state index contributed by atoms with van der Waals surface area (Å²) in [6, 6.07) is 1.99. The third-order valence-corrected chi connectivity index (χ3v) is 6.64. The van der Waals surface area contributed by atoms with Crippen LogP contribution in [0.5, 0.6) is 0 Å². The minimum Gasteiger partial charge on any atom is -0.356 e. The summed E-state index contributed by atoms with van der Waals surface area (Å²) in [4.78, 5) is 11.5. The minimum absolute atomic E-state index is 0.229. The van der Waals surface area contributed by atoms with Crippen molar-refractivity contribution in [2.75, 3.05) is 36.4 Å². The van der Waals surface area contributed by atoms with Crippen LogP contribution in [0.1, 0.15) is 36.3 Å². The molecule has 2 aromatic heterocycles. The predicted octanol–water partition coefficient (Wildman–Crippen LogP) is 1.52. The number of piperidine rings is 1. The molecule has 0 unspecified atom stereocenters. The van der Waals surface area contributed by atoms with Crippen LogP contribution in [0.3, 0.4) is 0 Å². The lowest BCUT2D eigenvalue weighted by Crippen LogP contribution is -2.31. The van der Waals surface area contributed by atoms with Gasteiger partial charge in [-0.3, -0.25) is 4.68 Å². The van der Waals surface area contributed by atoms with Crippen molar-refractivity contribution in [1.82, 2.24) is 24.5 Å². The number of nitrogens with one attached hydrogen (secondary N) is 2. The van der Waals surface area contributed by atoms with E-state index in [0.717, 1.165) is 24.6 Å². The fraction of sp³-hybridized carbons (Fsp3) is 0.611. The van der Waals surface area contributed by atoms with Crippen LogP contribution in [0.4, 0.5) is 11.8 Å². The highest BCUT2D eigenvalue weighted by Gasteiger charge is 2.23. The van der Waals surface area contributed by atoms with E-state index in [-0.39, 0.29) is 11.4 Å². The number of hydrogen-bond donors (Lipinski definition) is 2. The molecule has 0 atom stereocenters. The normalized spacial score (nSPS) is 15.1. The monoisotopic (exact) mass is 407 g/mol. The maximum Gasteiger partial charge on any atom is 0.244 e. The summed E-state index contributed by atoms with van der Waals surface area (Å²) in [6.07, 6.45) is 3.63. The number of aromatic nitrogens is 4. The Morgan fingerprint density at radius 1 is 1.07 bits per heavy atom. The standard InChI is InChI=1S/C18H29N7O2S/c1-13-12-16(25-10-6-5-7-11-25)22-18(21-13)19-8-9-20-28(26,27)17-14(2)23-24(4)15(17)3/h12,20H,5-11H2,1-4H3,(H,19,21,22). The molecule has 0 spiro atoms. The SMILES string of the molecule is Cc1cc(N2CCCCC2)nc(NCCNS(=O)(=O)c2c(C)nn(C)c2C)n1. The van der Waals surface area contributed by atoms with Gasteiger partial charge in [0.15, 0.2) is 0 Å². The molecule has 0 radical (unpaired) electrons. The molecule has 28 heavy (non-hydrogen) atoms. The number of rotatable bonds is 7. The zero-order valence-electron chi connectivity index (χ0n) is 17.0. The van der Waals surface area contributed by atoms with Crippen LogP contribution in [-0.4, -0.2) is 54.3 Å². The first kappa shape index (κ1) is 20.5. The van der Waals surface area contributed by atoms with Gasteiger partial charge in [0.1, 0.15) is 10.7 Å². The molecule has 1 aliphatic rings. The molecule has 10 heteroatoms. The maximum atomic E-state index is 12.6. The van der Waals surface area contributed by atoms with E-state index < -0.39 is 10.0 Å². The smallest absolute Gasteiger partial charge is 0.244 e. The first-order chi connectivity index (χ1) is 13.3. The topological polar surface area (TPSA) is 105 Å². The second-order valence-electron chi connectivity index (χ2n) is 7.19. The minimum atomic E-state index is -3.61. The van der Waals surface area contributed by atoms with Crippen LogP contribution < -0.4 is 14.9 Å². The molecule has 1 saturated heterocycles. The number of aryl methyl sites for hydroxylation is 3. The predicted molar refractivity (Wildman–Crippen MR) is 109 cm³/mol. The zero-order valence-corrected chi connectivity index (χ0v) is 17.8. The highest BCUT2D eigenvalue weighted by molar-refractivity contribution is 7.89. The summed E-state index contributed by atoms with van der Waals surface area (Å²) >= 11 is 0. The fourth-order valence-corrected chi connectivity index (χ4v) is 4.96. The van der Waals surface area contributed by atoms with Crippen molar-refractivity contribution in [3.63, 3.8) is 0 Å². The van der Waals surface area contributed by atoms with E-state index in [9.17, 15) is 8.42 Å². The molecule has 0 aromatic carbocycles. The fourth-order valence-electron chi connectivity index (χ4n) is 3.49. The molecule has 0 saturated carbocycles. The van der Waals surface area contributed by atoms with Gasteiger partial charge in [-0.2, -0.15) is 10.1 Å². The largest absolute Gasteiger partial charge is 0.356 e. The van der Waals surface area contributed by atoms with Crippen molar-refractivity contribution in [2.24, 2.45) is 7.05 Å². The molecule has 3 rings (SSSR count). The third-order valence-electron chi connectivity index (χ3n) is 4.93. The molecule has 154 valence electrons. The van der Waals surface area contributed by atoms with Crippen molar-refractivity contribution in [1.29, 1.82) is 0 Å². The van der Waals surface area contributed by atoms with Crippen molar-refractivity contribution in [2.45, 2.75) is 44.9 Å². The Balaban J connectivity index is 1.60. The van der Waals surface area contributed by atoms with E-state index in [1.807, 2.05) is 13.0 Å². The van der Waals surface area contributed by atoms with Crippen molar-refractivity contribution >= 4 is 21.8 Å². The van der Waals surface area contributed by atoms with Gasteiger partial charge < -0.3 is 10.2 Å². The van der Waals surface area contributed by atoms with Gasteiger partial charge in [0, 0.05) is 45.0 Å². The second kappa shape index (κ2) is 8.44. The van der Waals surface area contributed by atoms with Crippen LogP contribution in [0.25, 0.3) is 0 Å². The molecule has 0 aliphatic carbocycles. The Bertz CT molecular complexity index is 934. The highest BCUT2D eigenvalue weighted by Crippen LogP contribution is 2.20. The van der Waals surface area contributed by atoms with E-state index in [4.69, 9.17) is 0 Å². The second-order valence-corrected chi connectivity index (χ2v) is 8.89. The maximum absolute atomic E-state index is 12.6. The summed E-state index contributed by atoms with van der Waals surface area (Å²) in [7, 11) is -1.88. The van der Waals surface area contributed by atoms with Gasteiger partial charge in [-0.05, 0) is 40.0 Å². The Morgan fingerprint density at radius 2 is 1.79 bits per heavy atom. The van der Waals surface area contributed by atoms with Gasteiger partial charge in [-0.1, -0.05) is 0 Å². The van der Waals surface area contributed by atoms with Crippen molar-refractivity contribution in [3.05, 3.63) is 23.1 Å². The van der Waals surface area contributed by atoms with E-state index in [1.54, 1.807) is 25.6 Å². The van der Waals surface area contributed by atoms with Crippen molar-refractivity contribution < 1.29 is 8.42 Å². The summed E-state index contributed by atoms with van der Waals surface area (Å²) in [6.45, 7) is 8.03. The van der Waals surface area contributed by atoms with Crippen LogP contribution in [0.2, 0.25) is 0 Å². The van der Waals surface area contributed by atoms with E-state index in [2.05, 4.69) is 30.0 Å². The lowest BCUT2D eigenvalue weighted by Gasteiger charge is -2.28. The van der Waals surface area contributed by atoms with Crippen molar-refractivity contribution in [3.8, 4) is 0 Å². The van der Waals surface area contributed by atoms with Crippen LogP contribution in [0, 0.1) is 20.8 Å². The number of nitrogens with zero attached hydrogens (tertiary/aromatic N) is 5. The van der Waals surface area contributed by atoms with Crippen LogP contribution >= 0.6 is 0 Å². The lowest BCUT2D eigenvalue weighted by molar-refractivity contribution is 0.573. The number of anilines is 2. The average molecular weight is 408 g/mol. The quantitative estimate of drug-likeness (QED) is 0.670. The zero-order chi connectivity index (χ0) is 20.3. The lowest BCUT2D eigenvalue weighted by atomic mass is 10.1. The summed E-state index contributed by atoms with van der Waals surface area (Å²) in [5, 5.41) is 7.30. The molecule has 3 heterocycles. The molecule has 0 bridgehead atoms. The molecular formula is C18H29N7O2S. The first-order valence-electron chi connectivity index (χ1n) is 9.62. The Kier molecular flexibility index (Phi) is 6.19. The van der Waals surface area contributed by atoms with Gasteiger partial charge in [0.25, 0.3) is 0 Å². The highest BCUT2D eigenvalue weighted by atomic mass is 32.2. The summed E-state index contributed by atoms with van der Waals surface area (Å²) in [5.74, 6) is 1.45. The van der Waals surface area contributed by atoms with Gasteiger partial charge in [-0.15, -0.1) is 0 Å². The number of sulfonamides is 1. The molecular weight excluding hydrogens is 378 g/mol. The van der Waals surface area contributed by atoms with E-state index in [0.29, 0.717) is 23.9 Å². The summed E-state index contributed by atoms with van der Waals surface area (Å²) < 4.78 is 29.4. The molecule has 0 amide bonds. The van der Waals surface area contributed by atoms with E-state index in [1.165, 1.54) is 19.3 Å². The molecule has 2 N–H and O–H groups in total. The van der Waals surface area contributed by atoms with Gasteiger partial charge in [0.05, 0.1) is 11.4 Å². The van der Waals surface area contributed by atoms with Gasteiger partial charge in [-0.25, -0.2) is 18.1 Å². The molecule has 1 fully saturated rings. The van der Waals surface area contributed by atoms with Gasteiger partial charge >= 0.3 is 0 Å². The van der Waals surface area contributed by atoms with E-state index >= 15 is 0 Å². The molecule has 9 nitrogen and oxygen atoms in total. The van der Waals surface area contributed by atoms with Crippen LogP contribution in [0.15, 0.2) is 11.0 Å². The number of hydrogen-bond acceptors (Lipinski definition) is 7. The Morgan fingerprint density at radius 3 is 2.43 bits per heavy atom.